The molecule has 16 heavy (non-hydrogen) atoms. The molecule has 1 unspecified atom stereocenters. The van der Waals surface area contributed by atoms with Crippen molar-refractivity contribution in [1.29, 1.82) is 0 Å². The van der Waals surface area contributed by atoms with E-state index in [1.165, 1.54) is 0 Å². The van der Waals surface area contributed by atoms with E-state index in [2.05, 4.69) is 0 Å². The zero-order valence-electron chi connectivity index (χ0n) is 8.53. The van der Waals surface area contributed by atoms with Gasteiger partial charge in [-0.15, -0.1) is 0 Å². The summed E-state index contributed by atoms with van der Waals surface area (Å²) in [7, 11) is 0. The summed E-state index contributed by atoms with van der Waals surface area (Å²) in [4.78, 5) is 0. The summed E-state index contributed by atoms with van der Waals surface area (Å²) in [5, 5.41) is 9.74. The predicted molar refractivity (Wildman–Crippen MR) is 51.6 cm³/mol. The van der Waals surface area contributed by atoms with Gasteiger partial charge in [-0.3, -0.25) is 0 Å². The van der Waals surface area contributed by atoms with Crippen LogP contribution in [-0.2, 0) is 9.47 Å². The van der Waals surface area contributed by atoms with Crippen LogP contribution < -0.4 is 0 Å². The van der Waals surface area contributed by atoms with Gasteiger partial charge in [0.2, 0.25) is 0 Å². The van der Waals surface area contributed by atoms with Crippen molar-refractivity contribution in [2.45, 2.75) is 18.8 Å². The van der Waals surface area contributed by atoms with Gasteiger partial charge in [-0.05, 0) is 17.7 Å². The van der Waals surface area contributed by atoms with Gasteiger partial charge < -0.3 is 14.6 Å². The maximum Gasteiger partial charge on any atom is 0.160 e. The highest BCUT2D eigenvalue weighted by molar-refractivity contribution is 5.20. The van der Waals surface area contributed by atoms with E-state index in [1.807, 2.05) is 0 Å². The molecule has 0 amide bonds. The second-order valence-electron chi connectivity index (χ2n) is 3.63. The lowest BCUT2D eigenvalue weighted by atomic mass is 10.1. The minimum absolute atomic E-state index is 0.170. The van der Waals surface area contributed by atoms with Crippen molar-refractivity contribution >= 4 is 0 Å². The van der Waals surface area contributed by atoms with Gasteiger partial charge in [0.25, 0.3) is 0 Å². The van der Waals surface area contributed by atoms with Gasteiger partial charge in [-0.2, -0.15) is 0 Å². The largest absolute Gasteiger partial charge is 0.388 e. The van der Waals surface area contributed by atoms with E-state index < -0.39 is 24.0 Å². The molecule has 1 fully saturated rings. The van der Waals surface area contributed by atoms with Gasteiger partial charge in [0.15, 0.2) is 6.29 Å². The molecule has 0 bridgehead atoms. The van der Waals surface area contributed by atoms with Crippen LogP contribution in [0, 0.1) is 11.6 Å². The molecule has 88 valence electrons. The van der Waals surface area contributed by atoms with Crippen LogP contribution >= 0.6 is 0 Å². The lowest BCUT2D eigenvalue weighted by Gasteiger charge is -2.15. The van der Waals surface area contributed by atoms with Crippen LogP contribution in [0.3, 0.4) is 0 Å². The van der Waals surface area contributed by atoms with Crippen LogP contribution in [0.2, 0.25) is 0 Å². The number of ether oxygens (including phenoxy) is 2. The second-order valence-corrected chi connectivity index (χ2v) is 3.63. The molecule has 5 heteroatoms. The summed E-state index contributed by atoms with van der Waals surface area (Å²) in [5.41, 5.74) is 0.191. The molecular formula is C11H12F2O3. The normalized spacial score (nSPS) is 18.9. The summed E-state index contributed by atoms with van der Waals surface area (Å²) in [6.07, 6.45) is -1.32. The smallest absolute Gasteiger partial charge is 0.160 e. The Morgan fingerprint density at radius 1 is 1.19 bits per heavy atom. The van der Waals surface area contributed by atoms with Crippen molar-refractivity contribution in [3.05, 3.63) is 35.4 Å². The first-order valence-electron chi connectivity index (χ1n) is 5.02. The van der Waals surface area contributed by atoms with Crippen molar-refractivity contribution in [2.24, 2.45) is 0 Å². The van der Waals surface area contributed by atoms with Crippen molar-refractivity contribution in [3.63, 3.8) is 0 Å². The maximum absolute atomic E-state index is 12.9. The first kappa shape index (κ1) is 11.4. The van der Waals surface area contributed by atoms with Crippen molar-refractivity contribution in [1.82, 2.24) is 0 Å². The number of hydrogen-bond acceptors (Lipinski definition) is 3. The Labute approximate surface area is 91.6 Å². The quantitative estimate of drug-likeness (QED) is 0.859. The molecule has 1 aromatic carbocycles. The zero-order valence-corrected chi connectivity index (χ0v) is 8.53. The van der Waals surface area contributed by atoms with Crippen LogP contribution in [0.1, 0.15) is 18.1 Å². The SMILES string of the molecule is OC(CC1OCCO1)c1cc(F)cc(F)c1. The van der Waals surface area contributed by atoms with Gasteiger partial charge in [0.05, 0.1) is 19.3 Å². The predicted octanol–water partition coefficient (Wildman–Crippen LogP) is 1.76. The van der Waals surface area contributed by atoms with Crippen LogP contribution in [0.5, 0.6) is 0 Å². The van der Waals surface area contributed by atoms with Gasteiger partial charge in [-0.25, -0.2) is 8.78 Å². The highest BCUT2D eigenvalue weighted by Crippen LogP contribution is 2.23. The third-order valence-corrected chi connectivity index (χ3v) is 2.38. The molecule has 0 radical (unpaired) electrons. The van der Waals surface area contributed by atoms with Gasteiger partial charge in [-0.1, -0.05) is 0 Å². The van der Waals surface area contributed by atoms with Gasteiger partial charge in [0, 0.05) is 12.5 Å². The Balaban J connectivity index is 2.04. The zero-order chi connectivity index (χ0) is 11.5. The Hall–Kier alpha value is -1.04. The fourth-order valence-corrected chi connectivity index (χ4v) is 1.63. The van der Waals surface area contributed by atoms with E-state index in [0.29, 0.717) is 13.2 Å². The molecule has 1 saturated heterocycles. The number of benzene rings is 1. The minimum Gasteiger partial charge on any atom is -0.388 e. The monoisotopic (exact) mass is 230 g/mol. The summed E-state index contributed by atoms with van der Waals surface area (Å²) < 4.78 is 36.0. The van der Waals surface area contributed by atoms with Crippen LogP contribution in [-0.4, -0.2) is 24.6 Å². The van der Waals surface area contributed by atoms with Crippen molar-refractivity contribution in [2.75, 3.05) is 13.2 Å². The third kappa shape index (κ3) is 2.75. The summed E-state index contributed by atoms with van der Waals surface area (Å²) in [5.74, 6) is -1.41. The molecule has 1 atom stereocenters. The molecule has 3 nitrogen and oxygen atoms in total. The van der Waals surface area contributed by atoms with Gasteiger partial charge in [0.1, 0.15) is 11.6 Å². The van der Waals surface area contributed by atoms with E-state index in [0.717, 1.165) is 18.2 Å². The average molecular weight is 230 g/mol. The molecule has 0 aromatic heterocycles. The van der Waals surface area contributed by atoms with E-state index in [9.17, 15) is 13.9 Å². The van der Waals surface area contributed by atoms with E-state index in [4.69, 9.17) is 9.47 Å². The molecule has 1 aromatic rings. The highest BCUT2D eigenvalue weighted by atomic mass is 19.1. The average Bonchev–Trinajstić information content (AvgIpc) is 2.68. The summed E-state index contributed by atoms with van der Waals surface area (Å²) in [6, 6.07) is 2.96. The minimum atomic E-state index is -0.992. The topological polar surface area (TPSA) is 38.7 Å². The Morgan fingerprint density at radius 2 is 1.75 bits per heavy atom. The molecule has 1 heterocycles. The Kier molecular flexibility index (Phi) is 3.48. The molecule has 1 aliphatic heterocycles. The molecule has 2 rings (SSSR count). The van der Waals surface area contributed by atoms with Crippen molar-refractivity contribution < 1.29 is 23.4 Å². The van der Waals surface area contributed by atoms with E-state index >= 15 is 0 Å². The standard InChI is InChI=1S/C11H12F2O3/c12-8-3-7(4-9(13)5-8)10(14)6-11-15-1-2-16-11/h3-5,10-11,14H,1-2,6H2. The molecular weight excluding hydrogens is 218 g/mol. The molecule has 1 N–H and O–H groups in total. The molecule has 0 spiro atoms. The van der Waals surface area contributed by atoms with Crippen LogP contribution in [0.25, 0.3) is 0 Å². The van der Waals surface area contributed by atoms with E-state index in [1.54, 1.807) is 0 Å². The lowest BCUT2D eigenvalue weighted by Crippen LogP contribution is -2.13. The summed E-state index contributed by atoms with van der Waals surface area (Å²) in [6.45, 7) is 0.962. The summed E-state index contributed by atoms with van der Waals surface area (Å²) >= 11 is 0. The number of halogens is 2. The first-order chi connectivity index (χ1) is 7.65. The molecule has 0 saturated carbocycles. The number of rotatable bonds is 3. The van der Waals surface area contributed by atoms with Crippen LogP contribution in [0.4, 0.5) is 8.78 Å². The number of hydrogen-bond donors (Lipinski definition) is 1. The van der Waals surface area contributed by atoms with Crippen molar-refractivity contribution in [3.8, 4) is 0 Å². The third-order valence-electron chi connectivity index (χ3n) is 2.38. The maximum atomic E-state index is 12.9. The Morgan fingerprint density at radius 3 is 2.31 bits per heavy atom. The lowest BCUT2D eigenvalue weighted by molar-refractivity contribution is -0.0708. The molecule has 0 aliphatic carbocycles. The fourth-order valence-electron chi connectivity index (χ4n) is 1.63. The van der Waals surface area contributed by atoms with E-state index in [-0.39, 0.29) is 12.0 Å². The van der Waals surface area contributed by atoms with Crippen LogP contribution in [0.15, 0.2) is 18.2 Å². The van der Waals surface area contributed by atoms with Gasteiger partial charge >= 0.3 is 0 Å². The highest BCUT2D eigenvalue weighted by Gasteiger charge is 2.21. The second kappa shape index (κ2) is 4.86. The fraction of sp³-hybridized carbons (Fsp3) is 0.455. The molecule has 1 aliphatic rings. The first-order valence-corrected chi connectivity index (χ1v) is 5.02. The number of aliphatic hydroxyl groups excluding tert-OH is 1. The number of aliphatic hydroxyl groups is 1. The Bertz CT molecular complexity index is 344.